The van der Waals surface area contributed by atoms with Crippen LogP contribution in [0.3, 0.4) is 0 Å². The van der Waals surface area contributed by atoms with E-state index in [0.29, 0.717) is 59.2 Å². The fraction of sp³-hybridized carbons (Fsp3) is 0.514. The molecule has 0 saturated heterocycles. The second-order valence-corrected chi connectivity index (χ2v) is 11.9. The fourth-order valence-corrected chi connectivity index (χ4v) is 5.21. The number of amides is 3. The second kappa shape index (κ2) is 19.0. The molecule has 0 spiro atoms. The van der Waals surface area contributed by atoms with Crippen molar-refractivity contribution in [1.29, 1.82) is 0 Å². The number of ether oxygens (including phenoxy) is 4. The predicted molar refractivity (Wildman–Crippen MR) is 181 cm³/mol. The summed E-state index contributed by atoms with van der Waals surface area (Å²) in [4.78, 5) is 39.5. The lowest BCUT2D eigenvalue weighted by Crippen LogP contribution is -2.40. The van der Waals surface area contributed by atoms with Crippen LogP contribution in [0.15, 0.2) is 48.5 Å². The maximum atomic E-state index is 13.6. The molecule has 0 fully saturated rings. The van der Waals surface area contributed by atoms with Gasteiger partial charge in [0.25, 0.3) is 0 Å². The minimum Gasteiger partial charge on any atom is -0.379 e. The van der Waals surface area contributed by atoms with Crippen LogP contribution in [0.5, 0.6) is 0 Å². The molecule has 1 aliphatic rings. The summed E-state index contributed by atoms with van der Waals surface area (Å²) in [7, 11) is 0. The van der Waals surface area contributed by atoms with Crippen molar-refractivity contribution >= 4 is 23.4 Å². The maximum Gasteiger partial charge on any atom is 0.246 e. The molecule has 1 aromatic heterocycles. The molecule has 1 aliphatic heterocycles. The van der Waals surface area contributed by atoms with Gasteiger partial charge in [-0.25, -0.2) is 4.68 Å². The van der Waals surface area contributed by atoms with Crippen molar-refractivity contribution in [1.82, 2.24) is 25.6 Å². The third-order valence-electron chi connectivity index (χ3n) is 7.48. The molecule has 48 heavy (non-hydrogen) atoms. The molecule has 0 unspecified atom stereocenters. The first-order valence-corrected chi connectivity index (χ1v) is 16.6. The van der Waals surface area contributed by atoms with Gasteiger partial charge in [0, 0.05) is 36.1 Å². The number of nitrogens with zero attached hydrogens (tertiary/aromatic N) is 4. The van der Waals surface area contributed by atoms with Gasteiger partial charge in [-0.2, -0.15) is 0 Å². The number of hydrogen-bond acceptors (Lipinski definition) is 9. The Labute approximate surface area is 282 Å². The van der Waals surface area contributed by atoms with E-state index >= 15 is 0 Å². The van der Waals surface area contributed by atoms with Crippen LogP contribution in [-0.4, -0.2) is 98.2 Å². The highest BCUT2D eigenvalue weighted by atomic mass is 16.6. The van der Waals surface area contributed by atoms with Gasteiger partial charge in [-0.05, 0) is 39.3 Å². The Hall–Kier alpha value is -4.17. The highest BCUT2D eigenvalue weighted by Gasteiger charge is 2.29. The summed E-state index contributed by atoms with van der Waals surface area (Å²) < 4.78 is 23.7. The van der Waals surface area contributed by atoms with Crippen LogP contribution in [-0.2, 0) is 39.9 Å². The van der Waals surface area contributed by atoms with E-state index in [2.05, 4.69) is 20.9 Å². The molecule has 3 aromatic rings. The molecule has 13 heteroatoms. The van der Waals surface area contributed by atoms with E-state index in [0.717, 1.165) is 33.8 Å². The van der Waals surface area contributed by atoms with Gasteiger partial charge in [0.1, 0.15) is 5.69 Å². The number of carbonyl (C=O) groups is 3. The van der Waals surface area contributed by atoms with E-state index in [1.54, 1.807) is 4.90 Å². The highest BCUT2D eigenvalue weighted by molar-refractivity contribution is 6.02. The minimum atomic E-state index is -0.273. The zero-order valence-corrected chi connectivity index (χ0v) is 28.4. The summed E-state index contributed by atoms with van der Waals surface area (Å²) in [5.41, 5.74) is 5.11. The van der Waals surface area contributed by atoms with Crippen molar-refractivity contribution in [3.8, 4) is 22.5 Å². The molecule has 2 heterocycles. The summed E-state index contributed by atoms with van der Waals surface area (Å²) in [6.45, 7) is 11.0. The number of anilines is 1. The van der Waals surface area contributed by atoms with Crippen LogP contribution in [0, 0.1) is 0 Å². The third kappa shape index (κ3) is 10.7. The van der Waals surface area contributed by atoms with Gasteiger partial charge in [0.15, 0.2) is 0 Å². The number of rotatable bonds is 19. The molecule has 0 bridgehead atoms. The molecular weight excluding hydrogens is 616 g/mol. The van der Waals surface area contributed by atoms with Crippen LogP contribution in [0.25, 0.3) is 22.5 Å². The molecule has 2 aromatic carbocycles. The van der Waals surface area contributed by atoms with Gasteiger partial charge in [0.05, 0.1) is 77.3 Å². The van der Waals surface area contributed by atoms with Gasteiger partial charge in [-0.15, -0.1) is 5.10 Å². The highest BCUT2D eigenvalue weighted by Crippen LogP contribution is 2.41. The number of fused-ring (bicyclic) bond motifs is 5. The molecule has 0 saturated carbocycles. The Morgan fingerprint density at radius 1 is 0.750 bits per heavy atom. The zero-order chi connectivity index (χ0) is 34.3. The average Bonchev–Trinajstić information content (AvgIpc) is 3.50. The first kappa shape index (κ1) is 36.7. The predicted octanol–water partition coefficient (Wildman–Crippen LogP) is 3.53. The number of aromatic nitrogens is 3. The number of benzene rings is 2. The number of carbonyl (C=O) groups excluding carboxylic acids is 3. The summed E-state index contributed by atoms with van der Waals surface area (Å²) >= 11 is 0. The Morgan fingerprint density at radius 3 is 1.94 bits per heavy atom. The monoisotopic (exact) mass is 664 g/mol. The van der Waals surface area contributed by atoms with E-state index in [1.807, 2.05) is 80.9 Å². The molecule has 4 rings (SSSR count). The van der Waals surface area contributed by atoms with E-state index < -0.39 is 0 Å². The SMILES string of the molecule is CC(C)NC(=O)CCOCCOCCOCCOCCC(=O)NCC(=O)N1Cc2ccccc2-c2nnn(C(C)C)c2-c2ccccc21. The van der Waals surface area contributed by atoms with E-state index in [1.165, 1.54) is 0 Å². The van der Waals surface area contributed by atoms with E-state index in [4.69, 9.17) is 18.9 Å². The lowest BCUT2D eigenvalue weighted by Gasteiger charge is -2.29. The maximum absolute atomic E-state index is 13.6. The van der Waals surface area contributed by atoms with Gasteiger partial charge in [-0.1, -0.05) is 47.7 Å². The standard InChI is InChI=1S/C35H48N6O7/c1-25(2)37-32(43)14-16-46-18-20-48-22-21-47-19-17-45-15-13-31(42)36-23-33(44)40-24-27-9-5-6-10-28(27)34-35(41(26(3)4)39-38-34)29-11-7-8-12-30(29)40/h5-12,25-26H,13-24H2,1-4H3,(H,36,42)(H,37,43). The van der Waals surface area contributed by atoms with Gasteiger partial charge in [0.2, 0.25) is 17.7 Å². The van der Waals surface area contributed by atoms with Gasteiger partial charge < -0.3 is 34.5 Å². The van der Waals surface area contributed by atoms with Crippen molar-refractivity contribution in [3.63, 3.8) is 0 Å². The quantitative estimate of drug-likeness (QED) is 0.184. The molecular formula is C35H48N6O7. The smallest absolute Gasteiger partial charge is 0.246 e. The summed E-state index contributed by atoms with van der Waals surface area (Å²) in [5, 5.41) is 14.6. The van der Waals surface area contributed by atoms with Crippen LogP contribution in [0.2, 0.25) is 0 Å². The molecule has 2 N–H and O–H groups in total. The summed E-state index contributed by atoms with van der Waals surface area (Å²) in [5.74, 6) is -0.525. The zero-order valence-electron chi connectivity index (χ0n) is 28.4. The lowest BCUT2D eigenvalue weighted by molar-refractivity contribution is -0.125. The number of para-hydroxylation sites is 1. The minimum absolute atomic E-state index is 0.0253. The molecule has 0 radical (unpaired) electrons. The van der Waals surface area contributed by atoms with Crippen LogP contribution in [0.4, 0.5) is 5.69 Å². The normalized spacial score (nSPS) is 12.2. The Morgan fingerprint density at radius 2 is 1.31 bits per heavy atom. The van der Waals surface area contributed by atoms with E-state index in [-0.39, 0.29) is 49.4 Å². The first-order chi connectivity index (χ1) is 23.3. The Balaban J connectivity index is 1.15. The first-order valence-electron chi connectivity index (χ1n) is 16.6. The lowest BCUT2D eigenvalue weighted by atomic mass is 9.95. The Kier molecular flexibility index (Phi) is 14.5. The second-order valence-electron chi connectivity index (χ2n) is 11.9. The molecule has 3 amide bonds. The topological polar surface area (TPSA) is 146 Å². The molecule has 0 aliphatic carbocycles. The summed E-state index contributed by atoms with van der Waals surface area (Å²) in [6, 6.07) is 15.8. The van der Waals surface area contributed by atoms with Crippen molar-refractivity contribution in [2.24, 2.45) is 0 Å². The third-order valence-corrected chi connectivity index (χ3v) is 7.48. The van der Waals surface area contributed by atoms with Gasteiger partial charge >= 0.3 is 0 Å². The number of nitrogens with one attached hydrogen (secondary N) is 2. The summed E-state index contributed by atoms with van der Waals surface area (Å²) in [6.07, 6.45) is 0.452. The Bertz CT molecular complexity index is 1490. The van der Waals surface area contributed by atoms with Crippen molar-refractivity contribution in [3.05, 3.63) is 54.1 Å². The van der Waals surface area contributed by atoms with Crippen LogP contribution >= 0.6 is 0 Å². The van der Waals surface area contributed by atoms with E-state index in [9.17, 15) is 14.4 Å². The molecule has 0 atom stereocenters. The average molecular weight is 665 g/mol. The van der Waals surface area contributed by atoms with Crippen molar-refractivity contribution in [2.75, 3.05) is 64.3 Å². The van der Waals surface area contributed by atoms with Crippen molar-refractivity contribution in [2.45, 2.75) is 59.2 Å². The molecule has 260 valence electrons. The fourth-order valence-electron chi connectivity index (χ4n) is 5.21. The van der Waals surface area contributed by atoms with Crippen LogP contribution < -0.4 is 15.5 Å². The van der Waals surface area contributed by atoms with Crippen molar-refractivity contribution < 1.29 is 33.3 Å². The largest absolute Gasteiger partial charge is 0.379 e. The molecule has 13 nitrogen and oxygen atoms in total. The van der Waals surface area contributed by atoms with Gasteiger partial charge in [-0.3, -0.25) is 14.4 Å². The van der Waals surface area contributed by atoms with Crippen LogP contribution in [0.1, 0.15) is 52.1 Å². The number of hydrogen-bond donors (Lipinski definition) is 2.